The first-order valence-corrected chi connectivity index (χ1v) is 10.1. The highest BCUT2D eigenvalue weighted by Gasteiger charge is 2.45. The number of ketones is 1. The van der Waals surface area contributed by atoms with E-state index in [-0.39, 0.29) is 17.1 Å². The Morgan fingerprint density at radius 1 is 1.10 bits per heavy atom. The third kappa shape index (κ3) is 4.03. The van der Waals surface area contributed by atoms with E-state index in [1.165, 1.54) is 18.1 Å². The van der Waals surface area contributed by atoms with Crippen LogP contribution in [0, 0.1) is 6.92 Å². The van der Waals surface area contributed by atoms with E-state index in [1.54, 1.807) is 24.3 Å². The van der Waals surface area contributed by atoms with Gasteiger partial charge in [0.25, 0.3) is 11.7 Å². The van der Waals surface area contributed by atoms with Crippen LogP contribution < -0.4 is 4.74 Å². The lowest BCUT2D eigenvalue weighted by atomic mass is 9.94. The number of likely N-dealkylation sites (tertiary alicyclic amines) is 1. The van der Waals surface area contributed by atoms with Crippen molar-refractivity contribution in [2.24, 2.45) is 0 Å². The molecule has 1 aliphatic rings. The molecule has 2 aromatic rings. The molecule has 1 atom stereocenters. The van der Waals surface area contributed by atoms with Crippen LogP contribution in [0.3, 0.4) is 0 Å². The second-order valence-corrected chi connectivity index (χ2v) is 7.50. The van der Waals surface area contributed by atoms with Crippen molar-refractivity contribution >= 4 is 17.4 Å². The molecule has 0 spiro atoms. The number of Topliss-reactive ketones (excluding diaryl/α,β-unsaturated/α-hetero) is 1. The largest absolute Gasteiger partial charge is 0.507 e. The first-order chi connectivity index (χ1) is 14.4. The van der Waals surface area contributed by atoms with Gasteiger partial charge in [0, 0.05) is 12.1 Å². The molecule has 0 bridgehead atoms. The van der Waals surface area contributed by atoms with Crippen molar-refractivity contribution in [3.63, 3.8) is 0 Å². The van der Waals surface area contributed by atoms with Crippen LogP contribution in [0.4, 0.5) is 0 Å². The monoisotopic (exact) mass is 409 g/mol. The molecule has 2 N–H and O–H groups in total. The van der Waals surface area contributed by atoms with Gasteiger partial charge in [0.2, 0.25) is 0 Å². The van der Waals surface area contributed by atoms with Gasteiger partial charge in [0.05, 0.1) is 18.7 Å². The maximum atomic E-state index is 12.9. The Kier molecular flexibility index (Phi) is 6.45. The minimum atomic E-state index is -0.778. The number of aromatic hydroxyl groups is 1. The number of aryl methyl sites for hydroxylation is 1. The van der Waals surface area contributed by atoms with Gasteiger partial charge in [-0.1, -0.05) is 55.7 Å². The number of nitrogens with zero attached hydrogens (tertiary/aromatic N) is 1. The predicted molar refractivity (Wildman–Crippen MR) is 114 cm³/mol. The van der Waals surface area contributed by atoms with E-state index in [1.807, 2.05) is 19.1 Å². The SMILES string of the molecule is CCCCCN1C(=O)C(=O)/C(=C(\O)c2ccc(C)cc2)C1c1ccc(OC)c(O)c1. The van der Waals surface area contributed by atoms with Crippen LogP contribution in [0.25, 0.3) is 5.76 Å². The van der Waals surface area contributed by atoms with Crippen molar-refractivity contribution in [1.29, 1.82) is 0 Å². The molecule has 1 heterocycles. The number of aliphatic hydroxyl groups excluding tert-OH is 1. The van der Waals surface area contributed by atoms with Crippen LogP contribution in [-0.2, 0) is 9.59 Å². The first-order valence-electron chi connectivity index (χ1n) is 10.1. The lowest BCUT2D eigenvalue weighted by Crippen LogP contribution is -2.30. The number of hydrogen-bond donors (Lipinski definition) is 2. The summed E-state index contributed by atoms with van der Waals surface area (Å²) in [5, 5.41) is 21.2. The Balaban J connectivity index is 2.13. The summed E-state index contributed by atoms with van der Waals surface area (Å²) in [5.74, 6) is -1.37. The minimum absolute atomic E-state index is 0.0323. The van der Waals surface area contributed by atoms with Crippen LogP contribution in [0.2, 0.25) is 0 Å². The van der Waals surface area contributed by atoms with Gasteiger partial charge in [-0.25, -0.2) is 0 Å². The Labute approximate surface area is 176 Å². The highest BCUT2D eigenvalue weighted by Crippen LogP contribution is 2.41. The summed E-state index contributed by atoms with van der Waals surface area (Å²) >= 11 is 0. The van der Waals surface area contributed by atoms with Gasteiger partial charge >= 0.3 is 0 Å². The number of aliphatic hydroxyl groups is 1. The molecule has 0 aliphatic carbocycles. The molecular formula is C24H27NO5. The standard InChI is InChI=1S/C24H27NO5/c1-4-5-6-13-25-21(17-11-12-19(30-3)18(26)14-17)20(23(28)24(25)29)22(27)16-9-7-15(2)8-10-16/h7-12,14,21,26-27H,4-6,13H2,1-3H3/b22-20-. The van der Waals surface area contributed by atoms with E-state index in [2.05, 4.69) is 6.92 Å². The van der Waals surface area contributed by atoms with Gasteiger partial charge < -0.3 is 19.8 Å². The Morgan fingerprint density at radius 2 is 1.80 bits per heavy atom. The molecule has 6 heteroatoms. The molecule has 0 saturated carbocycles. The first kappa shape index (κ1) is 21.4. The Bertz CT molecular complexity index is 978. The van der Waals surface area contributed by atoms with E-state index < -0.39 is 17.7 Å². The van der Waals surface area contributed by atoms with Crippen LogP contribution in [0.15, 0.2) is 48.0 Å². The molecule has 3 rings (SSSR count). The number of hydrogen-bond acceptors (Lipinski definition) is 5. The number of ether oxygens (including phenoxy) is 1. The molecular weight excluding hydrogens is 382 g/mol. The molecule has 1 aliphatic heterocycles. The Hall–Kier alpha value is -3.28. The minimum Gasteiger partial charge on any atom is -0.507 e. The number of carbonyl (C=O) groups excluding carboxylic acids is 2. The number of unbranched alkanes of at least 4 members (excludes halogenated alkanes) is 2. The fourth-order valence-corrected chi connectivity index (χ4v) is 3.73. The number of amides is 1. The molecule has 1 unspecified atom stereocenters. The second-order valence-electron chi connectivity index (χ2n) is 7.50. The van der Waals surface area contributed by atoms with E-state index in [0.29, 0.717) is 23.4 Å². The van der Waals surface area contributed by atoms with E-state index in [4.69, 9.17) is 4.74 Å². The summed E-state index contributed by atoms with van der Waals surface area (Å²) in [5.41, 5.74) is 2.06. The molecule has 1 fully saturated rings. The van der Waals surface area contributed by atoms with Crippen molar-refractivity contribution in [1.82, 2.24) is 4.90 Å². The number of phenols is 1. The lowest BCUT2D eigenvalue weighted by Gasteiger charge is -2.25. The van der Waals surface area contributed by atoms with Crippen molar-refractivity contribution in [3.05, 3.63) is 64.7 Å². The third-order valence-electron chi connectivity index (χ3n) is 5.39. The molecule has 0 radical (unpaired) electrons. The fraction of sp³-hybridized carbons (Fsp3) is 0.333. The number of rotatable bonds is 7. The molecule has 30 heavy (non-hydrogen) atoms. The summed E-state index contributed by atoms with van der Waals surface area (Å²) in [6.07, 6.45) is 2.63. The van der Waals surface area contributed by atoms with Crippen LogP contribution in [-0.4, -0.2) is 40.5 Å². The highest BCUT2D eigenvalue weighted by molar-refractivity contribution is 6.46. The lowest BCUT2D eigenvalue weighted by molar-refractivity contribution is -0.139. The quantitative estimate of drug-likeness (QED) is 0.308. The van der Waals surface area contributed by atoms with Crippen molar-refractivity contribution < 1.29 is 24.5 Å². The zero-order chi connectivity index (χ0) is 21.8. The van der Waals surface area contributed by atoms with E-state index in [0.717, 1.165) is 24.8 Å². The van der Waals surface area contributed by atoms with Crippen molar-refractivity contribution in [3.8, 4) is 11.5 Å². The summed E-state index contributed by atoms with van der Waals surface area (Å²) in [4.78, 5) is 27.2. The molecule has 2 aromatic carbocycles. The van der Waals surface area contributed by atoms with Crippen molar-refractivity contribution in [2.45, 2.75) is 39.2 Å². The third-order valence-corrected chi connectivity index (χ3v) is 5.39. The van der Waals surface area contributed by atoms with Gasteiger partial charge in [0.15, 0.2) is 11.5 Å². The summed E-state index contributed by atoms with van der Waals surface area (Å²) < 4.78 is 5.11. The average molecular weight is 409 g/mol. The van der Waals surface area contributed by atoms with Gasteiger partial charge in [-0.3, -0.25) is 9.59 Å². The zero-order valence-electron chi connectivity index (χ0n) is 17.5. The highest BCUT2D eigenvalue weighted by atomic mass is 16.5. The topological polar surface area (TPSA) is 87.1 Å². The summed E-state index contributed by atoms with van der Waals surface area (Å²) in [6, 6.07) is 11.1. The van der Waals surface area contributed by atoms with E-state index in [9.17, 15) is 19.8 Å². The number of carbonyl (C=O) groups is 2. The number of methoxy groups -OCH3 is 1. The second kappa shape index (κ2) is 9.03. The number of phenolic OH excluding ortho intramolecular Hbond substituents is 1. The zero-order valence-corrected chi connectivity index (χ0v) is 17.5. The van der Waals surface area contributed by atoms with Crippen LogP contribution in [0.5, 0.6) is 11.5 Å². The molecule has 158 valence electrons. The van der Waals surface area contributed by atoms with Crippen LogP contribution in [0.1, 0.15) is 48.9 Å². The molecule has 1 amide bonds. The number of benzene rings is 2. The van der Waals surface area contributed by atoms with Gasteiger partial charge in [-0.05, 0) is 31.0 Å². The maximum absolute atomic E-state index is 12.9. The van der Waals surface area contributed by atoms with Crippen molar-refractivity contribution in [2.75, 3.05) is 13.7 Å². The smallest absolute Gasteiger partial charge is 0.295 e. The fourth-order valence-electron chi connectivity index (χ4n) is 3.73. The Morgan fingerprint density at radius 3 is 2.40 bits per heavy atom. The molecule has 6 nitrogen and oxygen atoms in total. The molecule has 0 aromatic heterocycles. The average Bonchev–Trinajstić information content (AvgIpc) is 2.99. The van der Waals surface area contributed by atoms with Gasteiger partial charge in [-0.15, -0.1) is 0 Å². The van der Waals surface area contributed by atoms with Gasteiger partial charge in [0.1, 0.15) is 5.76 Å². The maximum Gasteiger partial charge on any atom is 0.295 e. The molecule has 1 saturated heterocycles. The van der Waals surface area contributed by atoms with Crippen LogP contribution >= 0.6 is 0 Å². The van der Waals surface area contributed by atoms with Gasteiger partial charge in [-0.2, -0.15) is 0 Å². The predicted octanol–water partition coefficient (Wildman–Crippen LogP) is 4.32. The summed E-state index contributed by atoms with van der Waals surface area (Å²) in [7, 11) is 1.45. The normalized spacial score (nSPS) is 18.1. The summed E-state index contributed by atoms with van der Waals surface area (Å²) in [6.45, 7) is 4.38. The van der Waals surface area contributed by atoms with E-state index >= 15 is 0 Å².